The second kappa shape index (κ2) is 17.9. The Kier molecular flexibility index (Phi) is 14.3. The van der Waals surface area contributed by atoms with E-state index in [1.165, 1.54) is 13.2 Å². The molecule has 3 heterocycles. The molecule has 0 spiro atoms. The molecule has 3 rings (SSSR count). The Bertz CT molecular complexity index is 1050. The SMILES string of the molecule is CCC[C@H]1CC(=O)C[C@H]2C[C@H](OC(=O)/C=C\CCc3coc(/C=C\CNC(=O)OC)n3)C[C@@H](C[C@@H](C)C[C@@H](OC)C1)O2. The van der Waals surface area contributed by atoms with Crippen molar-refractivity contribution in [1.82, 2.24) is 10.3 Å². The second-order valence-corrected chi connectivity index (χ2v) is 11.6. The third kappa shape index (κ3) is 12.1. The van der Waals surface area contributed by atoms with E-state index < -0.39 is 6.09 Å². The normalized spacial score (nSPS) is 27.4. The van der Waals surface area contributed by atoms with Gasteiger partial charge in [-0.3, -0.25) is 4.79 Å². The van der Waals surface area contributed by atoms with E-state index in [0.717, 1.165) is 37.8 Å². The first-order chi connectivity index (χ1) is 20.3. The van der Waals surface area contributed by atoms with Crippen LogP contribution in [0.2, 0.25) is 0 Å². The number of oxazole rings is 1. The Labute approximate surface area is 249 Å². The number of ether oxygens (including phenoxy) is 4. The van der Waals surface area contributed by atoms with Crippen LogP contribution in [-0.2, 0) is 35.0 Å². The largest absolute Gasteiger partial charge is 0.459 e. The van der Waals surface area contributed by atoms with Crippen molar-refractivity contribution in [3.63, 3.8) is 0 Å². The number of Topliss-reactive ketones (excluding diaryl/α,β-unsaturated/α-hetero) is 1. The third-order valence-electron chi connectivity index (χ3n) is 7.85. The fourth-order valence-corrected chi connectivity index (χ4v) is 5.97. The molecule has 6 atom stereocenters. The minimum Gasteiger partial charge on any atom is -0.459 e. The minimum absolute atomic E-state index is 0.0524. The van der Waals surface area contributed by atoms with Gasteiger partial charge >= 0.3 is 12.1 Å². The summed E-state index contributed by atoms with van der Waals surface area (Å²) in [5, 5.41) is 2.53. The van der Waals surface area contributed by atoms with Crippen LogP contribution in [0.5, 0.6) is 0 Å². The van der Waals surface area contributed by atoms with Gasteiger partial charge in [-0.2, -0.15) is 0 Å². The number of ketones is 1. The number of alkyl carbamates (subject to hydrolysis) is 1. The molecule has 1 amide bonds. The number of hydrogen-bond donors (Lipinski definition) is 1. The maximum absolute atomic E-state index is 13.0. The van der Waals surface area contributed by atoms with Crippen LogP contribution in [-0.4, -0.2) is 68.0 Å². The summed E-state index contributed by atoms with van der Waals surface area (Å²) in [6, 6.07) is 0. The highest BCUT2D eigenvalue weighted by Crippen LogP contribution is 2.33. The lowest BCUT2D eigenvalue weighted by Crippen LogP contribution is -2.40. The molecule has 2 aliphatic heterocycles. The van der Waals surface area contributed by atoms with Crippen LogP contribution in [0.25, 0.3) is 6.08 Å². The van der Waals surface area contributed by atoms with E-state index in [9.17, 15) is 14.4 Å². The summed E-state index contributed by atoms with van der Waals surface area (Å²) in [7, 11) is 3.07. The number of esters is 1. The standard InChI is InChI=1S/C32H48N2O8/c1-5-9-23-16-25(35)18-28-20-29(19-27(41-28)15-22(2)14-26(17-23)38-3)42-31(36)12-7-6-10-24-21-40-30(34-24)11-8-13-33-32(37)39-4/h7-8,11-12,21-23,26-29H,5-6,9-10,13-20H2,1-4H3,(H,33,37)/b11-8-,12-7-/t22-,23-,26+,27+,28-,29+/m0/s1. The van der Waals surface area contributed by atoms with Crippen molar-refractivity contribution in [2.75, 3.05) is 20.8 Å². The molecular formula is C32H48N2O8. The third-order valence-corrected chi connectivity index (χ3v) is 7.85. The van der Waals surface area contributed by atoms with E-state index in [1.54, 1.807) is 31.6 Å². The molecule has 10 nitrogen and oxygen atoms in total. The van der Waals surface area contributed by atoms with Crippen LogP contribution < -0.4 is 5.32 Å². The molecule has 2 bridgehead atoms. The molecule has 0 unspecified atom stereocenters. The van der Waals surface area contributed by atoms with Gasteiger partial charge in [-0.25, -0.2) is 14.6 Å². The van der Waals surface area contributed by atoms with Gasteiger partial charge in [-0.05, 0) is 50.0 Å². The second-order valence-electron chi connectivity index (χ2n) is 11.6. The number of nitrogens with zero attached hydrogens (tertiary/aromatic N) is 1. The van der Waals surface area contributed by atoms with E-state index in [4.69, 9.17) is 18.6 Å². The number of aryl methyl sites for hydroxylation is 1. The summed E-state index contributed by atoms with van der Waals surface area (Å²) in [5.74, 6) is 0.992. The fraction of sp³-hybridized carbons (Fsp3) is 0.688. The Balaban J connectivity index is 1.49. The molecule has 234 valence electrons. The zero-order valence-electron chi connectivity index (χ0n) is 25.5. The van der Waals surface area contributed by atoms with Crippen LogP contribution in [0, 0.1) is 11.8 Å². The van der Waals surface area contributed by atoms with Gasteiger partial charge in [0.15, 0.2) is 0 Å². The van der Waals surface area contributed by atoms with Crippen molar-refractivity contribution in [1.29, 1.82) is 0 Å². The van der Waals surface area contributed by atoms with E-state index in [1.807, 2.05) is 0 Å². The van der Waals surface area contributed by atoms with Crippen LogP contribution in [0.1, 0.15) is 89.6 Å². The smallest absolute Gasteiger partial charge is 0.407 e. The van der Waals surface area contributed by atoms with Gasteiger partial charge < -0.3 is 28.7 Å². The van der Waals surface area contributed by atoms with Gasteiger partial charge in [0.2, 0.25) is 5.89 Å². The Morgan fingerprint density at radius 1 is 1.07 bits per heavy atom. The maximum Gasteiger partial charge on any atom is 0.407 e. The molecule has 1 aromatic rings. The first-order valence-electron chi connectivity index (χ1n) is 15.3. The van der Waals surface area contributed by atoms with Crippen molar-refractivity contribution in [2.45, 2.75) is 109 Å². The van der Waals surface area contributed by atoms with Gasteiger partial charge in [0, 0.05) is 45.4 Å². The number of hydrogen-bond acceptors (Lipinski definition) is 9. The summed E-state index contributed by atoms with van der Waals surface area (Å²) in [6.45, 7) is 4.69. The Morgan fingerprint density at radius 2 is 1.88 bits per heavy atom. The van der Waals surface area contributed by atoms with Crippen molar-refractivity contribution in [2.24, 2.45) is 11.8 Å². The summed E-state index contributed by atoms with van der Waals surface area (Å²) in [5.41, 5.74) is 0.757. The zero-order valence-corrected chi connectivity index (χ0v) is 25.5. The number of aromatic nitrogens is 1. The van der Waals surface area contributed by atoms with Crippen molar-refractivity contribution < 1.29 is 37.7 Å². The molecular weight excluding hydrogens is 540 g/mol. The predicted octanol–water partition coefficient (Wildman–Crippen LogP) is 5.59. The van der Waals surface area contributed by atoms with Gasteiger partial charge in [-0.15, -0.1) is 0 Å². The highest BCUT2D eigenvalue weighted by molar-refractivity contribution is 5.82. The van der Waals surface area contributed by atoms with Gasteiger partial charge in [0.05, 0.1) is 31.1 Å². The average Bonchev–Trinajstić information content (AvgIpc) is 3.39. The van der Waals surface area contributed by atoms with Gasteiger partial charge in [-0.1, -0.05) is 38.8 Å². The molecule has 0 saturated carbocycles. The molecule has 0 aliphatic carbocycles. The lowest BCUT2D eigenvalue weighted by Gasteiger charge is -2.37. The quantitative estimate of drug-likeness (QED) is 0.260. The number of amides is 1. The first-order valence-corrected chi connectivity index (χ1v) is 15.3. The molecule has 1 N–H and O–H groups in total. The Morgan fingerprint density at radius 3 is 2.64 bits per heavy atom. The van der Waals surface area contributed by atoms with E-state index in [-0.39, 0.29) is 36.2 Å². The van der Waals surface area contributed by atoms with Crippen molar-refractivity contribution in [3.05, 3.63) is 36.1 Å². The predicted molar refractivity (Wildman–Crippen MR) is 158 cm³/mol. The number of fused-ring (bicyclic) bond motifs is 2. The first kappa shape index (κ1) is 33.5. The number of rotatable bonds is 11. The van der Waals surface area contributed by atoms with Crippen LogP contribution in [0.15, 0.2) is 28.9 Å². The Hall–Kier alpha value is -2.98. The number of carbonyl (C=O) groups is 3. The van der Waals surface area contributed by atoms with Gasteiger partial charge in [0.1, 0.15) is 18.2 Å². The summed E-state index contributed by atoms with van der Waals surface area (Å²) < 4.78 is 27.9. The molecule has 2 saturated heterocycles. The van der Waals surface area contributed by atoms with E-state index in [0.29, 0.717) is 62.8 Å². The van der Waals surface area contributed by atoms with Crippen LogP contribution >= 0.6 is 0 Å². The van der Waals surface area contributed by atoms with Gasteiger partial charge in [0.25, 0.3) is 0 Å². The summed E-state index contributed by atoms with van der Waals surface area (Å²) in [4.78, 5) is 41.1. The summed E-state index contributed by atoms with van der Waals surface area (Å²) in [6.07, 6.45) is 15.3. The molecule has 2 aliphatic rings. The number of methoxy groups -OCH3 is 2. The maximum atomic E-state index is 13.0. The molecule has 42 heavy (non-hydrogen) atoms. The van der Waals surface area contributed by atoms with Crippen molar-refractivity contribution >= 4 is 23.9 Å². The lowest BCUT2D eigenvalue weighted by atomic mass is 9.84. The average molecular weight is 589 g/mol. The monoisotopic (exact) mass is 588 g/mol. The zero-order chi connectivity index (χ0) is 30.3. The number of nitrogens with one attached hydrogen (secondary N) is 1. The molecule has 0 aromatic carbocycles. The number of allylic oxidation sites excluding steroid dienone is 1. The molecule has 2 fully saturated rings. The molecule has 1 aromatic heterocycles. The molecule has 10 heteroatoms. The topological polar surface area (TPSA) is 126 Å². The highest BCUT2D eigenvalue weighted by atomic mass is 16.6. The highest BCUT2D eigenvalue weighted by Gasteiger charge is 2.35. The van der Waals surface area contributed by atoms with Crippen LogP contribution in [0.3, 0.4) is 0 Å². The fourth-order valence-electron chi connectivity index (χ4n) is 5.97. The summed E-state index contributed by atoms with van der Waals surface area (Å²) >= 11 is 0. The lowest BCUT2D eigenvalue weighted by molar-refractivity contribution is -0.159. The number of carbonyl (C=O) groups excluding carboxylic acids is 3. The van der Waals surface area contributed by atoms with Crippen LogP contribution in [0.4, 0.5) is 4.79 Å². The van der Waals surface area contributed by atoms with E-state index in [2.05, 4.69) is 28.9 Å². The van der Waals surface area contributed by atoms with E-state index >= 15 is 0 Å². The van der Waals surface area contributed by atoms with Crippen molar-refractivity contribution in [3.8, 4) is 0 Å². The minimum atomic E-state index is -0.508. The molecule has 0 radical (unpaired) electrons.